The summed E-state index contributed by atoms with van der Waals surface area (Å²) in [4.78, 5) is 15.1. The van der Waals surface area contributed by atoms with Gasteiger partial charge >= 0.3 is 0 Å². The van der Waals surface area contributed by atoms with Gasteiger partial charge in [-0.3, -0.25) is 4.79 Å². The highest BCUT2D eigenvalue weighted by molar-refractivity contribution is 7.89. The Bertz CT molecular complexity index is 987. The smallest absolute Gasteiger partial charge is 0.243 e. The van der Waals surface area contributed by atoms with Crippen LogP contribution in [0.5, 0.6) is 0 Å². The number of carbonyl (C=O) groups excluding carboxylic acids is 1. The molecule has 2 aromatic rings. The molecule has 4 rings (SSSR count). The highest BCUT2D eigenvalue weighted by Crippen LogP contribution is 2.28. The lowest BCUT2D eigenvalue weighted by atomic mass is 9.89. The first-order chi connectivity index (χ1) is 14.9. The first-order valence-electron chi connectivity index (χ1n) is 11.0. The van der Waals surface area contributed by atoms with E-state index >= 15 is 0 Å². The van der Waals surface area contributed by atoms with Gasteiger partial charge in [0, 0.05) is 26.2 Å². The monoisotopic (exact) mass is 444 g/mol. The van der Waals surface area contributed by atoms with Gasteiger partial charge in [-0.25, -0.2) is 12.8 Å². The Morgan fingerprint density at radius 3 is 2.29 bits per heavy atom. The van der Waals surface area contributed by atoms with Crippen LogP contribution in [-0.4, -0.2) is 49.7 Å². The lowest BCUT2D eigenvalue weighted by Crippen LogP contribution is -2.48. The molecule has 0 aliphatic carbocycles. The molecule has 1 amide bonds. The molecule has 2 aliphatic rings. The number of hydrogen-bond acceptors (Lipinski definition) is 3. The number of amides is 1. The van der Waals surface area contributed by atoms with Gasteiger partial charge in [-0.15, -0.1) is 0 Å². The number of benzene rings is 2. The number of sulfonamides is 1. The van der Waals surface area contributed by atoms with Crippen molar-refractivity contribution >= 4 is 15.9 Å². The quantitative estimate of drug-likeness (QED) is 0.707. The largest absolute Gasteiger partial charge is 0.342 e. The van der Waals surface area contributed by atoms with E-state index in [0.29, 0.717) is 25.3 Å². The number of hydrogen-bond donors (Lipinski definition) is 0. The number of piperidine rings is 2. The molecule has 0 spiro atoms. The predicted molar refractivity (Wildman–Crippen MR) is 117 cm³/mol. The summed E-state index contributed by atoms with van der Waals surface area (Å²) in [5.41, 5.74) is 1.33. The highest BCUT2D eigenvalue weighted by atomic mass is 32.2. The minimum atomic E-state index is -3.72. The van der Waals surface area contributed by atoms with Gasteiger partial charge in [0.05, 0.1) is 10.8 Å². The van der Waals surface area contributed by atoms with Crippen LogP contribution in [0, 0.1) is 17.7 Å². The Morgan fingerprint density at radius 2 is 1.61 bits per heavy atom. The third-order valence-corrected chi connectivity index (χ3v) is 8.36. The van der Waals surface area contributed by atoms with Crippen LogP contribution < -0.4 is 0 Å². The second-order valence-corrected chi connectivity index (χ2v) is 10.6. The van der Waals surface area contributed by atoms with E-state index in [2.05, 4.69) is 24.3 Å². The zero-order valence-electron chi connectivity index (χ0n) is 17.6. The zero-order valence-corrected chi connectivity index (χ0v) is 18.4. The number of carbonyl (C=O) groups is 1. The van der Waals surface area contributed by atoms with Gasteiger partial charge in [0.1, 0.15) is 5.82 Å². The second kappa shape index (κ2) is 9.49. The second-order valence-electron chi connectivity index (χ2n) is 8.61. The molecule has 7 heteroatoms. The molecule has 0 saturated carbocycles. The van der Waals surface area contributed by atoms with Crippen LogP contribution in [0.4, 0.5) is 4.39 Å². The number of likely N-dealkylation sites (tertiary alicyclic amines) is 1. The summed E-state index contributed by atoms with van der Waals surface area (Å²) in [6.45, 7) is 2.06. The number of nitrogens with zero attached hydrogens (tertiary/aromatic N) is 2. The van der Waals surface area contributed by atoms with Gasteiger partial charge in [-0.05, 0) is 67.9 Å². The van der Waals surface area contributed by atoms with Crippen molar-refractivity contribution in [1.29, 1.82) is 0 Å². The summed E-state index contributed by atoms with van der Waals surface area (Å²) >= 11 is 0. The first kappa shape index (κ1) is 22.0. The summed E-state index contributed by atoms with van der Waals surface area (Å²) in [6, 6.07) is 15.3. The molecule has 0 unspecified atom stereocenters. The van der Waals surface area contributed by atoms with Crippen molar-refractivity contribution in [2.75, 3.05) is 26.2 Å². The SMILES string of the molecule is O=C([C@@H]1CCCN(S(=O)(=O)c2ccc(F)cc2)C1)N1CCC(Cc2ccccc2)CC1. The number of rotatable bonds is 5. The van der Waals surface area contributed by atoms with Gasteiger partial charge in [0.25, 0.3) is 0 Å². The van der Waals surface area contributed by atoms with E-state index in [9.17, 15) is 17.6 Å². The minimum absolute atomic E-state index is 0.0668. The van der Waals surface area contributed by atoms with Gasteiger partial charge < -0.3 is 4.90 Å². The maximum absolute atomic E-state index is 13.2. The summed E-state index contributed by atoms with van der Waals surface area (Å²) in [5.74, 6) is -0.138. The van der Waals surface area contributed by atoms with E-state index in [0.717, 1.165) is 44.5 Å². The average molecular weight is 445 g/mol. The zero-order chi connectivity index (χ0) is 21.8. The molecule has 0 aromatic heterocycles. The third-order valence-electron chi connectivity index (χ3n) is 6.48. The van der Waals surface area contributed by atoms with Gasteiger partial charge in [-0.2, -0.15) is 4.31 Å². The molecule has 2 saturated heterocycles. The number of halogens is 1. The van der Waals surface area contributed by atoms with Crippen LogP contribution in [0.25, 0.3) is 0 Å². The molecule has 2 fully saturated rings. The van der Waals surface area contributed by atoms with Crippen LogP contribution >= 0.6 is 0 Å². The van der Waals surface area contributed by atoms with Gasteiger partial charge in [0.15, 0.2) is 0 Å². The van der Waals surface area contributed by atoms with E-state index in [1.807, 2.05) is 11.0 Å². The van der Waals surface area contributed by atoms with Crippen molar-refractivity contribution < 1.29 is 17.6 Å². The van der Waals surface area contributed by atoms with E-state index in [4.69, 9.17) is 0 Å². The topological polar surface area (TPSA) is 57.7 Å². The lowest BCUT2D eigenvalue weighted by molar-refractivity contribution is -0.138. The average Bonchev–Trinajstić information content (AvgIpc) is 2.80. The van der Waals surface area contributed by atoms with Crippen molar-refractivity contribution in [1.82, 2.24) is 9.21 Å². The normalized spacial score (nSPS) is 21.2. The summed E-state index contributed by atoms with van der Waals surface area (Å²) in [7, 11) is -3.72. The Labute approximate surface area is 183 Å². The molecule has 0 radical (unpaired) electrons. The van der Waals surface area contributed by atoms with E-state index in [1.54, 1.807) is 0 Å². The molecule has 0 bridgehead atoms. The Morgan fingerprint density at radius 1 is 0.935 bits per heavy atom. The van der Waals surface area contributed by atoms with Crippen LogP contribution in [0.1, 0.15) is 31.2 Å². The van der Waals surface area contributed by atoms with Gasteiger partial charge in [0.2, 0.25) is 15.9 Å². The molecule has 2 aliphatic heterocycles. The minimum Gasteiger partial charge on any atom is -0.342 e. The summed E-state index contributed by atoms with van der Waals surface area (Å²) in [6.07, 6.45) is 4.35. The first-order valence-corrected chi connectivity index (χ1v) is 12.5. The van der Waals surface area contributed by atoms with Gasteiger partial charge in [-0.1, -0.05) is 30.3 Å². The van der Waals surface area contributed by atoms with Crippen molar-refractivity contribution in [3.63, 3.8) is 0 Å². The molecule has 5 nitrogen and oxygen atoms in total. The fraction of sp³-hybridized carbons (Fsp3) is 0.458. The standard InChI is InChI=1S/C24H29FN2O3S/c25-22-8-10-23(11-9-22)31(29,30)27-14-4-7-21(18-27)24(28)26-15-12-20(13-16-26)17-19-5-2-1-3-6-19/h1-3,5-6,8-11,20-21H,4,7,12-18H2/t21-/m1/s1. The maximum Gasteiger partial charge on any atom is 0.243 e. The summed E-state index contributed by atoms with van der Waals surface area (Å²) in [5, 5.41) is 0. The van der Waals surface area contributed by atoms with Crippen LogP contribution in [-0.2, 0) is 21.2 Å². The molecule has 0 N–H and O–H groups in total. The van der Waals surface area contributed by atoms with E-state index < -0.39 is 15.8 Å². The van der Waals surface area contributed by atoms with Crippen LogP contribution in [0.15, 0.2) is 59.5 Å². The van der Waals surface area contributed by atoms with Crippen molar-refractivity contribution in [3.8, 4) is 0 Å². The predicted octanol–water partition coefficient (Wildman–Crippen LogP) is 3.71. The highest BCUT2D eigenvalue weighted by Gasteiger charge is 2.36. The summed E-state index contributed by atoms with van der Waals surface area (Å²) < 4.78 is 40.4. The lowest BCUT2D eigenvalue weighted by Gasteiger charge is -2.37. The van der Waals surface area contributed by atoms with E-state index in [1.165, 1.54) is 22.0 Å². The van der Waals surface area contributed by atoms with Crippen molar-refractivity contribution in [2.45, 2.75) is 37.0 Å². The Hall–Kier alpha value is -2.25. The fourth-order valence-corrected chi connectivity index (χ4v) is 6.20. The molecule has 2 aromatic carbocycles. The molecule has 31 heavy (non-hydrogen) atoms. The molecular weight excluding hydrogens is 415 g/mol. The van der Waals surface area contributed by atoms with Crippen LogP contribution in [0.3, 0.4) is 0 Å². The maximum atomic E-state index is 13.2. The van der Waals surface area contributed by atoms with Crippen molar-refractivity contribution in [3.05, 3.63) is 66.0 Å². The molecule has 1 atom stereocenters. The van der Waals surface area contributed by atoms with Crippen molar-refractivity contribution in [2.24, 2.45) is 11.8 Å². The Kier molecular flexibility index (Phi) is 6.72. The molecule has 2 heterocycles. The van der Waals surface area contributed by atoms with E-state index in [-0.39, 0.29) is 23.3 Å². The third kappa shape index (κ3) is 5.15. The molecule has 166 valence electrons. The molecular formula is C24H29FN2O3S. The fourth-order valence-electron chi connectivity index (χ4n) is 4.68. The van der Waals surface area contributed by atoms with Crippen LogP contribution in [0.2, 0.25) is 0 Å². The Balaban J connectivity index is 1.34.